The number of sulfonamides is 1. The van der Waals surface area contributed by atoms with Crippen LogP contribution >= 0.6 is 15.9 Å². The lowest BCUT2D eigenvalue weighted by Gasteiger charge is -2.08. The summed E-state index contributed by atoms with van der Waals surface area (Å²) in [6.45, 7) is 0. The molecule has 3 N–H and O–H groups in total. The number of rotatable bonds is 3. The molecule has 1 aromatic carbocycles. The van der Waals surface area contributed by atoms with Crippen LogP contribution in [0.3, 0.4) is 0 Å². The molecule has 2 rings (SSSR count). The number of hydrogen-bond acceptors (Lipinski definition) is 4. The van der Waals surface area contributed by atoms with Crippen LogP contribution in [-0.4, -0.2) is 13.4 Å². The quantitative estimate of drug-likeness (QED) is 0.660. The maximum atomic E-state index is 12.6. The van der Waals surface area contributed by atoms with E-state index in [1.54, 1.807) is 0 Å². The number of nitrogens with two attached hydrogens (primary N) is 1. The molecule has 0 saturated heterocycles. The number of aromatic nitrogens is 1. The third kappa shape index (κ3) is 3.21. The summed E-state index contributed by atoms with van der Waals surface area (Å²) in [5, 5.41) is 0. The summed E-state index contributed by atoms with van der Waals surface area (Å²) in [4.78, 5) is 3.37. The maximum absolute atomic E-state index is 12.6. The van der Waals surface area contributed by atoms with Crippen molar-refractivity contribution in [3.05, 3.63) is 46.9 Å². The van der Waals surface area contributed by atoms with Crippen molar-refractivity contribution >= 4 is 37.3 Å². The van der Waals surface area contributed by atoms with Crippen LogP contribution in [0.15, 0.2) is 45.9 Å². The summed E-state index contributed by atoms with van der Waals surface area (Å²) in [6.07, 6.45) is 1.09. The van der Waals surface area contributed by atoms with Crippen LogP contribution in [0.5, 0.6) is 0 Å². The monoisotopic (exact) mass is 345 g/mol. The number of anilines is 2. The van der Waals surface area contributed by atoms with Crippen molar-refractivity contribution < 1.29 is 12.8 Å². The number of nitrogens with one attached hydrogen (secondary N) is 1. The summed E-state index contributed by atoms with van der Waals surface area (Å²) in [5.74, 6) is -0.684. The van der Waals surface area contributed by atoms with Gasteiger partial charge in [0.2, 0.25) is 5.95 Å². The van der Waals surface area contributed by atoms with Crippen LogP contribution in [0.1, 0.15) is 0 Å². The highest BCUT2D eigenvalue weighted by Crippen LogP contribution is 2.24. The summed E-state index contributed by atoms with van der Waals surface area (Å²) in [6, 6.07) is 6.60. The fourth-order valence-electron chi connectivity index (χ4n) is 1.34. The van der Waals surface area contributed by atoms with Crippen molar-refractivity contribution in [3.8, 4) is 0 Å². The summed E-state index contributed by atoms with van der Waals surface area (Å²) < 4.78 is 39.6. The van der Waals surface area contributed by atoms with Gasteiger partial charge in [0.1, 0.15) is 0 Å². The highest BCUT2D eigenvalue weighted by Gasteiger charge is 2.15. The molecule has 0 fully saturated rings. The Balaban J connectivity index is 2.32. The van der Waals surface area contributed by atoms with Crippen molar-refractivity contribution in [3.63, 3.8) is 0 Å². The molecular weight excluding hydrogens is 337 g/mol. The van der Waals surface area contributed by atoms with Crippen molar-refractivity contribution in [1.82, 2.24) is 4.98 Å². The predicted molar refractivity (Wildman–Crippen MR) is 73.6 cm³/mol. The van der Waals surface area contributed by atoms with Gasteiger partial charge in [-0.25, -0.2) is 13.4 Å². The van der Waals surface area contributed by atoms with Crippen LogP contribution < -0.4 is 10.5 Å². The van der Waals surface area contributed by atoms with E-state index in [1.165, 1.54) is 24.3 Å². The van der Waals surface area contributed by atoms with Crippen LogP contribution in [0.2, 0.25) is 0 Å². The molecule has 8 heteroatoms. The average molecular weight is 346 g/mol. The lowest BCUT2D eigenvalue weighted by Crippen LogP contribution is -2.13. The van der Waals surface area contributed by atoms with Crippen molar-refractivity contribution in [2.45, 2.75) is 4.90 Å². The minimum absolute atomic E-state index is 0.0116. The lowest BCUT2D eigenvalue weighted by molar-refractivity contribution is 0.583. The summed E-state index contributed by atoms with van der Waals surface area (Å²) in [7, 11) is -3.78. The van der Waals surface area contributed by atoms with Crippen LogP contribution in [0.25, 0.3) is 0 Å². The predicted octanol–water partition coefficient (Wildman–Crippen LogP) is 2.37. The number of hydrogen-bond donors (Lipinski definition) is 2. The number of benzene rings is 1. The van der Waals surface area contributed by atoms with Crippen LogP contribution in [0, 0.1) is 5.95 Å². The first-order chi connectivity index (χ1) is 8.88. The molecule has 1 heterocycles. The van der Waals surface area contributed by atoms with Gasteiger partial charge in [-0.3, -0.25) is 4.72 Å². The van der Waals surface area contributed by atoms with Gasteiger partial charge in [-0.05, 0) is 46.3 Å². The van der Waals surface area contributed by atoms with Gasteiger partial charge in [-0.2, -0.15) is 4.39 Å². The first kappa shape index (κ1) is 13.8. The lowest BCUT2D eigenvalue weighted by atomic mass is 10.3. The van der Waals surface area contributed by atoms with Gasteiger partial charge in [0, 0.05) is 10.2 Å². The molecular formula is C11H9BrFN3O2S. The van der Waals surface area contributed by atoms with E-state index in [1.807, 2.05) is 0 Å². The van der Waals surface area contributed by atoms with Gasteiger partial charge in [0.05, 0.1) is 16.8 Å². The van der Waals surface area contributed by atoms with E-state index in [-0.39, 0.29) is 10.6 Å². The Hall–Kier alpha value is -1.67. The van der Waals surface area contributed by atoms with Gasteiger partial charge in [0.15, 0.2) is 0 Å². The first-order valence-electron chi connectivity index (χ1n) is 5.08. The second kappa shape index (κ2) is 5.14. The van der Waals surface area contributed by atoms with E-state index in [0.717, 1.165) is 12.3 Å². The van der Waals surface area contributed by atoms with E-state index in [2.05, 4.69) is 25.6 Å². The van der Waals surface area contributed by atoms with Gasteiger partial charge in [0.25, 0.3) is 10.0 Å². The fraction of sp³-hybridized carbons (Fsp3) is 0. The fourth-order valence-corrected chi connectivity index (χ4v) is 2.66. The third-order valence-electron chi connectivity index (χ3n) is 2.26. The molecule has 0 amide bonds. The van der Waals surface area contributed by atoms with Gasteiger partial charge < -0.3 is 5.73 Å². The van der Waals surface area contributed by atoms with E-state index >= 15 is 0 Å². The summed E-state index contributed by atoms with van der Waals surface area (Å²) >= 11 is 3.18. The number of nitrogens with zero attached hydrogens (tertiary/aromatic N) is 1. The molecule has 19 heavy (non-hydrogen) atoms. The molecule has 0 bridgehead atoms. The molecule has 0 saturated carbocycles. The largest absolute Gasteiger partial charge is 0.398 e. The first-order valence-corrected chi connectivity index (χ1v) is 7.35. The zero-order valence-corrected chi connectivity index (χ0v) is 11.9. The Kier molecular flexibility index (Phi) is 3.72. The highest BCUT2D eigenvalue weighted by atomic mass is 79.9. The Morgan fingerprint density at radius 3 is 2.58 bits per heavy atom. The molecule has 0 aliphatic rings. The van der Waals surface area contributed by atoms with Crippen molar-refractivity contribution in [2.24, 2.45) is 0 Å². The zero-order chi connectivity index (χ0) is 14.0. The molecule has 0 aliphatic carbocycles. The maximum Gasteiger partial charge on any atom is 0.262 e. The molecule has 0 atom stereocenters. The Labute approximate surface area is 117 Å². The van der Waals surface area contributed by atoms with E-state index < -0.39 is 16.0 Å². The number of halogens is 2. The highest BCUT2D eigenvalue weighted by molar-refractivity contribution is 9.10. The standard InChI is InChI=1S/C11H9BrFN3O2S/c12-9-3-2-8(5-10(9)14)19(17,18)16-7-1-4-11(13)15-6-7/h1-6,16H,14H2. The third-order valence-corrected chi connectivity index (χ3v) is 4.36. The number of pyridine rings is 1. The molecule has 0 spiro atoms. The average Bonchev–Trinajstić information content (AvgIpc) is 2.35. The van der Waals surface area contributed by atoms with E-state index in [9.17, 15) is 12.8 Å². The van der Waals surface area contributed by atoms with Gasteiger partial charge in [-0.1, -0.05) is 0 Å². The van der Waals surface area contributed by atoms with E-state index in [4.69, 9.17) is 5.73 Å². The van der Waals surface area contributed by atoms with Crippen molar-refractivity contribution in [1.29, 1.82) is 0 Å². The molecule has 1 aromatic heterocycles. The normalized spacial score (nSPS) is 11.3. The molecule has 2 aromatic rings. The molecule has 100 valence electrons. The number of nitrogen functional groups attached to an aromatic ring is 1. The van der Waals surface area contributed by atoms with Crippen molar-refractivity contribution in [2.75, 3.05) is 10.5 Å². The smallest absolute Gasteiger partial charge is 0.262 e. The second-order valence-corrected chi connectivity index (χ2v) is 6.20. The zero-order valence-electron chi connectivity index (χ0n) is 9.47. The summed E-state index contributed by atoms with van der Waals surface area (Å²) in [5.41, 5.74) is 6.10. The molecule has 5 nitrogen and oxygen atoms in total. The topological polar surface area (TPSA) is 85.1 Å². The SMILES string of the molecule is Nc1cc(S(=O)(=O)Nc2ccc(F)nc2)ccc1Br. The van der Waals surface area contributed by atoms with Crippen LogP contribution in [0.4, 0.5) is 15.8 Å². The Morgan fingerprint density at radius 1 is 1.26 bits per heavy atom. The molecule has 0 aliphatic heterocycles. The Bertz CT molecular complexity index is 704. The van der Waals surface area contributed by atoms with E-state index in [0.29, 0.717) is 10.2 Å². The van der Waals surface area contributed by atoms with Gasteiger partial charge in [-0.15, -0.1) is 0 Å². The van der Waals surface area contributed by atoms with Gasteiger partial charge >= 0.3 is 0 Å². The van der Waals surface area contributed by atoms with Crippen LogP contribution in [-0.2, 0) is 10.0 Å². The minimum Gasteiger partial charge on any atom is -0.398 e. The Morgan fingerprint density at radius 2 is 2.00 bits per heavy atom. The molecule has 0 radical (unpaired) electrons. The second-order valence-electron chi connectivity index (χ2n) is 3.66. The minimum atomic E-state index is -3.78. The molecule has 0 unspecified atom stereocenters.